The van der Waals surface area contributed by atoms with Crippen LogP contribution in [-0.2, 0) is 9.59 Å². The standard InChI is InChI=1S/C10H17N3O2/c1-11(2)13-6-5-12(7-8-3-4-8)9(14)10(13)15/h8H,3-7H2,1-2H3. The molecule has 1 aliphatic heterocycles. The van der Waals surface area contributed by atoms with Gasteiger partial charge in [0, 0.05) is 27.2 Å². The second-order valence-electron chi connectivity index (χ2n) is 4.47. The van der Waals surface area contributed by atoms with Gasteiger partial charge in [-0.05, 0) is 18.8 Å². The molecule has 2 rings (SSSR count). The Morgan fingerprint density at radius 1 is 1.20 bits per heavy atom. The van der Waals surface area contributed by atoms with Crippen molar-refractivity contribution >= 4 is 11.8 Å². The topological polar surface area (TPSA) is 43.9 Å². The molecule has 2 fully saturated rings. The van der Waals surface area contributed by atoms with Gasteiger partial charge >= 0.3 is 11.8 Å². The molecule has 0 aromatic rings. The van der Waals surface area contributed by atoms with Crippen molar-refractivity contribution in [3.05, 3.63) is 0 Å². The van der Waals surface area contributed by atoms with Crippen molar-refractivity contribution in [1.29, 1.82) is 0 Å². The van der Waals surface area contributed by atoms with Gasteiger partial charge in [-0.15, -0.1) is 0 Å². The van der Waals surface area contributed by atoms with Crippen LogP contribution in [-0.4, -0.2) is 60.5 Å². The average molecular weight is 211 g/mol. The largest absolute Gasteiger partial charge is 0.332 e. The molecular weight excluding hydrogens is 194 g/mol. The number of rotatable bonds is 3. The molecule has 0 aromatic carbocycles. The van der Waals surface area contributed by atoms with Gasteiger partial charge in [-0.1, -0.05) is 0 Å². The number of carbonyl (C=O) groups is 2. The lowest BCUT2D eigenvalue weighted by Crippen LogP contribution is -2.58. The summed E-state index contributed by atoms with van der Waals surface area (Å²) in [5.41, 5.74) is 0. The minimum atomic E-state index is -0.396. The Bertz CT molecular complexity index is 286. The molecule has 15 heavy (non-hydrogen) atoms. The SMILES string of the molecule is CN(C)N1CCN(CC2CC2)C(=O)C1=O. The number of piperazine rings is 1. The fraction of sp³-hybridized carbons (Fsp3) is 0.800. The highest BCUT2D eigenvalue weighted by molar-refractivity contribution is 6.35. The summed E-state index contributed by atoms with van der Waals surface area (Å²) in [7, 11) is 3.56. The van der Waals surface area contributed by atoms with Crippen LogP contribution in [0.25, 0.3) is 0 Å². The first-order valence-corrected chi connectivity index (χ1v) is 5.37. The van der Waals surface area contributed by atoms with Gasteiger partial charge in [0.2, 0.25) is 0 Å². The van der Waals surface area contributed by atoms with Crippen LogP contribution in [0.3, 0.4) is 0 Å². The third kappa shape index (κ3) is 2.12. The zero-order valence-electron chi connectivity index (χ0n) is 9.27. The highest BCUT2D eigenvalue weighted by Crippen LogP contribution is 2.30. The zero-order valence-corrected chi connectivity index (χ0v) is 9.27. The van der Waals surface area contributed by atoms with Gasteiger partial charge in [0.25, 0.3) is 0 Å². The predicted octanol–water partition coefficient (Wildman–Crippen LogP) is -0.456. The number of hydrazine groups is 1. The molecule has 84 valence electrons. The Kier molecular flexibility index (Phi) is 2.65. The summed E-state index contributed by atoms with van der Waals surface area (Å²) in [5.74, 6) is -0.0959. The summed E-state index contributed by atoms with van der Waals surface area (Å²) < 4.78 is 0. The zero-order chi connectivity index (χ0) is 11.0. The second-order valence-corrected chi connectivity index (χ2v) is 4.47. The van der Waals surface area contributed by atoms with Crippen LogP contribution in [0.2, 0.25) is 0 Å². The van der Waals surface area contributed by atoms with Gasteiger partial charge in [-0.3, -0.25) is 14.6 Å². The third-order valence-electron chi connectivity index (χ3n) is 2.94. The van der Waals surface area contributed by atoms with Crippen molar-refractivity contribution in [2.45, 2.75) is 12.8 Å². The molecule has 5 heteroatoms. The number of hydrogen-bond donors (Lipinski definition) is 0. The number of amides is 2. The maximum atomic E-state index is 11.7. The van der Waals surface area contributed by atoms with Gasteiger partial charge in [0.15, 0.2) is 0 Å². The van der Waals surface area contributed by atoms with Gasteiger partial charge in [-0.2, -0.15) is 0 Å². The van der Waals surface area contributed by atoms with Crippen LogP contribution in [0.1, 0.15) is 12.8 Å². The van der Waals surface area contributed by atoms with Crippen molar-refractivity contribution in [2.75, 3.05) is 33.7 Å². The summed E-state index contributed by atoms with van der Waals surface area (Å²) in [6.07, 6.45) is 2.41. The summed E-state index contributed by atoms with van der Waals surface area (Å²) in [5, 5.41) is 3.17. The quantitative estimate of drug-likeness (QED) is 0.594. The van der Waals surface area contributed by atoms with Gasteiger partial charge < -0.3 is 4.90 Å². The average Bonchev–Trinajstić information content (AvgIpc) is 2.96. The maximum absolute atomic E-state index is 11.7. The lowest BCUT2D eigenvalue weighted by atomic mass is 10.3. The molecule has 5 nitrogen and oxygen atoms in total. The summed E-state index contributed by atoms with van der Waals surface area (Å²) in [6, 6.07) is 0. The molecule has 1 heterocycles. The Balaban J connectivity index is 1.97. The molecule has 1 saturated carbocycles. The molecule has 0 aromatic heterocycles. The second kappa shape index (κ2) is 3.81. The highest BCUT2D eigenvalue weighted by atomic mass is 16.2. The fourth-order valence-electron chi connectivity index (χ4n) is 1.83. The van der Waals surface area contributed by atoms with Crippen LogP contribution < -0.4 is 0 Å². The van der Waals surface area contributed by atoms with Crippen LogP contribution in [0, 0.1) is 5.92 Å². The molecule has 2 amide bonds. The minimum Gasteiger partial charge on any atom is -0.332 e. The lowest BCUT2D eigenvalue weighted by molar-refractivity contribution is -0.166. The summed E-state index contributed by atoms with van der Waals surface area (Å²) in [6.45, 7) is 2.05. The third-order valence-corrected chi connectivity index (χ3v) is 2.94. The molecule has 2 aliphatic rings. The molecule has 0 spiro atoms. The van der Waals surface area contributed by atoms with E-state index in [4.69, 9.17) is 0 Å². The number of hydrogen-bond acceptors (Lipinski definition) is 3. The van der Waals surface area contributed by atoms with E-state index < -0.39 is 5.91 Å². The van der Waals surface area contributed by atoms with Crippen molar-refractivity contribution in [3.8, 4) is 0 Å². The molecular formula is C10H17N3O2. The van der Waals surface area contributed by atoms with Crippen LogP contribution in [0.5, 0.6) is 0 Å². The Morgan fingerprint density at radius 2 is 1.87 bits per heavy atom. The van der Waals surface area contributed by atoms with E-state index >= 15 is 0 Å². The first kappa shape index (κ1) is 10.4. The normalized spacial score (nSPS) is 22.9. The Hall–Kier alpha value is -1.10. The van der Waals surface area contributed by atoms with Crippen molar-refractivity contribution in [2.24, 2.45) is 5.92 Å². The minimum absolute atomic E-state index is 0.346. The van der Waals surface area contributed by atoms with Gasteiger partial charge in [0.05, 0.1) is 6.54 Å². The number of nitrogens with zero attached hydrogens (tertiary/aromatic N) is 3. The highest BCUT2D eigenvalue weighted by Gasteiger charge is 2.36. The molecule has 1 aliphatic carbocycles. The van der Waals surface area contributed by atoms with E-state index in [0.29, 0.717) is 19.0 Å². The van der Waals surface area contributed by atoms with Crippen molar-refractivity contribution in [1.82, 2.24) is 14.9 Å². The van der Waals surface area contributed by atoms with Crippen LogP contribution >= 0.6 is 0 Å². The van der Waals surface area contributed by atoms with Gasteiger partial charge in [0.1, 0.15) is 0 Å². The van der Waals surface area contributed by atoms with E-state index in [0.717, 1.165) is 6.54 Å². The molecule has 0 unspecified atom stereocenters. The van der Waals surface area contributed by atoms with E-state index in [9.17, 15) is 9.59 Å². The van der Waals surface area contributed by atoms with Gasteiger partial charge in [-0.25, -0.2) is 5.01 Å². The first-order valence-electron chi connectivity index (χ1n) is 5.37. The van der Waals surface area contributed by atoms with E-state index in [1.807, 2.05) is 0 Å². The molecule has 1 saturated heterocycles. The fourth-order valence-corrected chi connectivity index (χ4v) is 1.83. The Morgan fingerprint density at radius 3 is 2.40 bits per heavy atom. The monoisotopic (exact) mass is 211 g/mol. The van der Waals surface area contributed by atoms with Crippen LogP contribution in [0.4, 0.5) is 0 Å². The van der Waals surface area contributed by atoms with Crippen molar-refractivity contribution in [3.63, 3.8) is 0 Å². The maximum Gasteiger partial charge on any atom is 0.326 e. The van der Waals surface area contributed by atoms with Crippen molar-refractivity contribution < 1.29 is 9.59 Å². The molecule has 0 radical (unpaired) electrons. The molecule has 0 atom stereocenters. The summed E-state index contributed by atoms with van der Waals surface area (Å²) in [4.78, 5) is 25.1. The number of carbonyl (C=O) groups excluding carboxylic acids is 2. The molecule has 0 bridgehead atoms. The predicted molar refractivity (Wildman–Crippen MR) is 54.7 cm³/mol. The Labute approximate surface area is 89.6 Å². The molecule has 0 N–H and O–H groups in total. The summed E-state index contributed by atoms with van der Waals surface area (Å²) >= 11 is 0. The first-order chi connectivity index (χ1) is 7.09. The van der Waals surface area contributed by atoms with E-state index in [2.05, 4.69) is 0 Å². The van der Waals surface area contributed by atoms with Crippen LogP contribution in [0.15, 0.2) is 0 Å². The van der Waals surface area contributed by atoms with E-state index in [1.54, 1.807) is 24.0 Å². The smallest absolute Gasteiger partial charge is 0.326 e. The van der Waals surface area contributed by atoms with E-state index in [1.165, 1.54) is 17.9 Å². The lowest BCUT2D eigenvalue weighted by Gasteiger charge is -2.36. The van der Waals surface area contributed by atoms with E-state index in [-0.39, 0.29) is 5.91 Å².